The van der Waals surface area contributed by atoms with Crippen LogP contribution in [0.15, 0.2) is 30.3 Å². The third kappa shape index (κ3) is 2.74. The summed E-state index contributed by atoms with van der Waals surface area (Å²) in [5, 5.41) is 9.39. The minimum atomic E-state index is -0.633. The molecule has 98 valence electrons. The predicted molar refractivity (Wildman–Crippen MR) is 72.5 cm³/mol. The van der Waals surface area contributed by atoms with Crippen LogP contribution in [0.5, 0.6) is 0 Å². The van der Waals surface area contributed by atoms with Crippen molar-refractivity contribution in [1.82, 2.24) is 0 Å². The molecule has 2 heteroatoms. The molecule has 2 nitrogen and oxygen atoms in total. The van der Waals surface area contributed by atoms with E-state index in [-0.39, 0.29) is 11.8 Å². The summed E-state index contributed by atoms with van der Waals surface area (Å²) >= 11 is 0. The Bertz CT molecular complexity index is 397. The smallest absolute Gasteiger partial charge is 0.307 e. The SMILES string of the molecule is CC(C)C1CCC(C(=O)O)C(c2ccccc2)C1. The van der Waals surface area contributed by atoms with Crippen LogP contribution < -0.4 is 0 Å². The molecule has 1 aliphatic rings. The van der Waals surface area contributed by atoms with Gasteiger partial charge in [-0.3, -0.25) is 4.79 Å². The maximum absolute atomic E-state index is 11.4. The first-order valence-corrected chi connectivity index (χ1v) is 6.87. The van der Waals surface area contributed by atoms with E-state index in [0.717, 1.165) is 19.3 Å². The minimum absolute atomic E-state index is 0.185. The van der Waals surface area contributed by atoms with Gasteiger partial charge in [0.2, 0.25) is 0 Å². The Labute approximate surface area is 109 Å². The van der Waals surface area contributed by atoms with Crippen molar-refractivity contribution < 1.29 is 9.90 Å². The van der Waals surface area contributed by atoms with Gasteiger partial charge < -0.3 is 5.11 Å². The van der Waals surface area contributed by atoms with Crippen molar-refractivity contribution in [2.45, 2.75) is 39.0 Å². The Morgan fingerprint density at radius 2 is 1.89 bits per heavy atom. The third-order valence-corrected chi connectivity index (χ3v) is 4.38. The number of hydrogen-bond donors (Lipinski definition) is 1. The lowest BCUT2D eigenvalue weighted by atomic mass is 9.68. The molecule has 2 rings (SSSR count). The Morgan fingerprint density at radius 1 is 1.22 bits per heavy atom. The summed E-state index contributed by atoms with van der Waals surface area (Å²) in [6, 6.07) is 10.1. The Hall–Kier alpha value is -1.31. The summed E-state index contributed by atoms with van der Waals surface area (Å²) in [4.78, 5) is 11.4. The summed E-state index contributed by atoms with van der Waals surface area (Å²) in [6.07, 6.45) is 2.88. The van der Waals surface area contributed by atoms with Crippen LogP contribution in [0.4, 0.5) is 0 Å². The monoisotopic (exact) mass is 246 g/mol. The molecule has 0 spiro atoms. The van der Waals surface area contributed by atoms with Gasteiger partial charge in [0.05, 0.1) is 5.92 Å². The largest absolute Gasteiger partial charge is 0.481 e. The molecule has 1 aliphatic carbocycles. The van der Waals surface area contributed by atoms with E-state index < -0.39 is 5.97 Å². The lowest BCUT2D eigenvalue weighted by Crippen LogP contribution is -2.31. The molecular formula is C16H22O2. The average Bonchev–Trinajstić information content (AvgIpc) is 2.39. The van der Waals surface area contributed by atoms with E-state index in [9.17, 15) is 9.90 Å². The van der Waals surface area contributed by atoms with Crippen LogP contribution in [0, 0.1) is 17.8 Å². The molecule has 1 saturated carbocycles. The summed E-state index contributed by atoms with van der Waals surface area (Å²) in [6.45, 7) is 4.49. The number of aliphatic carboxylic acids is 1. The van der Waals surface area contributed by atoms with Crippen LogP contribution in [0.3, 0.4) is 0 Å². The van der Waals surface area contributed by atoms with E-state index in [1.54, 1.807) is 0 Å². The highest BCUT2D eigenvalue weighted by atomic mass is 16.4. The molecule has 0 amide bonds. The van der Waals surface area contributed by atoms with E-state index in [1.165, 1.54) is 5.56 Å². The average molecular weight is 246 g/mol. The second-order valence-corrected chi connectivity index (χ2v) is 5.78. The van der Waals surface area contributed by atoms with Crippen LogP contribution in [0.2, 0.25) is 0 Å². The number of benzene rings is 1. The van der Waals surface area contributed by atoms with Gasteiger partial charge in [0, 0.05) is 0 Å². The van der Waals surface area contributed by atoms with Gasteiger partial charge >= 0.3 is 5.97 Å². The maximum atomic E-state index is 11.4. The molecule has 0 aromatic heterocycles. The van der Waals surface area contributed by atoms with Crippen LogP contribution in [0.25, 0.3) is 0 Å². The van der Waals surface area contributed by atoms with Gasteiger partial charge in [-0.25, -0.2) is 0 Å². The fraction of sp³-hybridized carbons (Fsp3) is 0.562. The van der Waals surface area contributed by atoms with Gasteiger partial charge in [0.25, 0.3) is 0 Å². The number of rotatable bonds is 3. The van der Waals surface area contributed by atoms with Crippen LogP contribution in [-0.2, 0) is 4.79 Å². The molecule has 1 fully saturated rings. The van der Waals surface area contributed by atoms with Crippen molar-refractivity contribution in [2.75, 3.05) is 0 Å². The van der Waals surface area contributed by atoms with E-state index in [0.29, 0.717) is 11.8 Å². The molecule has 0 saturated heterocycles. The highest BCUT2D eigenvalue weighted by Crippen LogP contribution is 2.43. The minimum Gasteiger partial charge on any atom is -0.481 e. The molecule has 3 unspecified atom stereocenters. The van der Waals surface area contributed by atoms with Crippen molar-refractivity contribution in [3.8, 4) is 0 Å². The van der Waals surface area contributed by atoms with Gasteiger partial charge in [-0.1, -0.05) is 44.2 Å². The number of carbonyl (C=O) groups is 1. The number of carboxylic acid groups (broad SMARTS) is 1. The molecule has 1 N–H and O–H groups in total. The Kier molecular flexibility index (Phi) is 4.05. The standard InChI is InChI=1S/C16H22O2/c1-11(2)13-8-9-14(16(17)18)15(10-13)12-6-4-3-5-7-12/h3-7,11,13-15H,8-10H2,1-2H3,(H,17,18). The predicted octanol–water partition coefficient (Wildman–Crippen LogP) is 3.93. The van der Waals surface area contributed by atoms with Crippen molar-refractivity contribution in [1.29, 1.82) is 0 Å². The third-order valence-electron chi connectivity index (χ3n) is 4.38. The fourth-order valence-electron chi connectivity index (χ4n) is 3.17. The zero-order valence-corrected chi connectivity index (χ0v) is 11.2. The quantitative estimate of drug-likeness (QED) is 0.877. The highest BCUT2D eigenvalue weighted by Gasteiger charge is 2.36. The maximum Gasteiger partial charge on any atom is 0.307 e. The first kappa shape index (κ1) is 13.1. The summed E-state index contributed by atoms with van der Waals surface area (Å²) < 4.78 is 0. The molecule has 0 aliphatic heterocycles. The van der Waals surface area contributed by atoms with Gasteiger partial charge in [-0.2, -0.15) is 0 Å². The van der Waals surface area contributed by atoms with E-state index >= 15 is 0 Å². The van der Waals surface area contributed by atoms with E-state index in [4.69, 9.17) is 0 Å². The molecule has 0 radical (unpaired) electrons. The molecule has 18 heavy (non-hydrogen) atoms. The second-order valence-electron chi connectivity index (χ2n) is 5.78. The molecule has 1 aromatic rings. The Balaban J connectivity index is 2.23. The first-order valence-electron chi connectivity index (χ1n) is 6.87. The summed E-state index contributed by atoms with van der Waals surface area (Å²) in [7, 11) is 0. The topological polar surface area (TPSA) is 37.3 Å². The van der Waals surface area contributed by atoms with Crippen LogP contribution >= 0.6 is 0 Å². The van der Waals surface area contributed by atoms with Gasteiger partial charge in [0.15, 0.2) is 0 Å². The van der Waals surface area contributed by atoms with Crippen molar-refractivity contribution in [3.63, 3.8) is 0 Å². The van der Waals surface area contributed by atoms with Crippen LogP contribution in [0.1, 0.15) is 44.6 Å². The molecule has 3 atom stereocenters. The van der Waals surface area contributed by atoms with Gasteiger partial charge in [-0.05, 0) is 42.6 Å². The lowest BCUT2D eigenvalue weighted by molar-refractivity contribution is -0.144. The first-order chi connectivity index (χ1) is 8.59. The Morgan fingerprint density at radius 3 is 2.44 bits per heavy atom. The van der Waals surface area contributed by atoms with Crippen molar-refractivity contribution in [2.24, 2.45) is 17.8 Å². The molecular weight excluding hydrogens is 224 g/mol. The summed E-state index contributed by atoms with van der Waals surface area (Å²) in [5.74, 6) is 0.648. The number of hydrogen-bond acceptors (Lipinski definition) is 1. The second kappa shape index (κ2) is 5.55. The summed E-state index contributed by atoms with van der Waals surface area (Å²) in [5.41, 5.74) is 1.19. The fourth-order valence-corrected chi connectivity index (χ4v) is 3.17. The highest BCUT2D eigenvalue weighted by molar-refractivity contribution is 5.71. The lowest BCUT2D eigenvalue weighted by Gasteiger charge is -2.36. The van der Waals surface area contributed by atoms with Gasteiger partial charge in [-0.15, -0.1) is 0 Å². The molecule has 1 aromatic carbocycles. The van der Waals surface area contributed by atoms with Crippen LogP contribution in [-0.4, -0.2) is 11.1 Å². The zero-order valence-electron chi connectivity index (χ0n) is 11.2. The van der Waals surface area contributed by atoms with E-state index in [1.807, 2.05) is 18.2 Å². The van der Waals surface area contributed by atoms with E-state index in [2.05, 4.69) is 26.0 Å². The molecule has 0 heterocycles. The normalized spacial score (nSPS) is 28.3. The van der Waals surface area contributed by atoms with Crippen molar-refractivity contribution >= 4 is 5.97 Å². The number of carboxylic acids is 1. The van der Waals surface area contributed by atoms with Gasteiger partial charge in [0.1, 0.15) is 0 Å². The molecule has 0 bridgehead atoms. The zero-order chi connectivity index (χ0) is 13.1. The van der Waals surface area contributed by atoms with Crippen molar-refractivity contribution in [3.05, 3.63) is 35.9 Å².